The Morgan fingerprint density at radius 2 is 1.82 bits per heavy atom. The lowest BCUT2D eigenvalue weighted by molar-refractivity contribution is -0.384. The molecule has 0 aliphatic carbocycles. The number of halogens is 1. The molecule has 0 unspecified atom stereocenters. The maximum Gasteiger partial charge on any atom is 0.271 e. The second kappa shape index (κ2) is 8.49. The predicted molar refractivity (Wildman–Crippen MR) is 118 cm³/mol. The average molecular weight is 460 g/mol. The highest BCUT2D eigenvalue weighted by molar-refractivity contribution is 9.10. The molecule has 0 saturated carbocycles. The van der Waals surface area contributed by atoms with Crippen LogP contribution in [0.2, 0.25) is 0 Å². The van der Waals surface area contributed by atoms with E-state index in [1.54, 1.807) is 12.1 Å². The Balaban J connectivity index is 1.68. The molecule has 0 amide bonds. The lowest BCUT2D eigenvalue weighted by atomic mass is 10.2. The predicted octanol–water partition coefficient (Wildman–Crippen LogP) is 5.03. The topological polar surface area (TPSA) is 85.0 Å². The quantitative estimate of drug-likeness (QED) is 0.316. The number of aryl methyl sites for hydroxylation is 1. The summed E-state index contributed by atoms with van der Waals surface area (Å²) in [6.45, 7) is 4.62. The van der Waals surface area contributed by atoms with Crippen LogP contribution >= 0.6 is 28.1 Å². The average Bonchev–Trinajstić information content (AvgIpc) is 2.89. The van der Waals surface area contributed by atoms with Crippen LogP contribution in [0.4, 0.5) is 17.1 Å². The minimum absolute atomic E-state index is 0.00541. The van der Waals surface area contributed by atoms with Gasteiger partial charge in [-0.15, -0.1) is 0 Å². The fraction of sp³-hybridized carbons (Fsp3) is 0.158. The number of nitrogens with zero attached hydrogens (tertiary/aromatic N) is 3. The van der Waals surface area contributed by atoms with E-state index in [4.69, 9.17) is 12.2 Å². The molecule has 144 valence electrons. The number of thiocarbonyl (C=S) groups is 1. The number of benzene rings is 2. The molecule has 9 heteroatoms. The van der Waals surface area contributed by atoms with Crippen molar-refractivity contribution in [1.82, 2.24) is 9.78 Å². The molecule has 0 aliphatic rings. The molecule has 0 radical (unpaired) electrons. The number of hydrogen-bond acceptors (Lipinski definition) is 4. The molecule has 3 aromatic rings. The van der Waals surface area contributed by atoms with Crippen molar-refractivity contribution >= 4 is 50.3 Å². The molecule has 0 atom stereocenters. The molecule has 0 bridgehead atoms. The summed E-state index contributed by atoms with van der Waals surface area (Å²) in [6.07, 6.45) is 0. The van der Waals surface area contributed by atoms with E-state index in [9.17, 15) is 10.1 Å². The first-order valence-electron chi connectivity index (χ1n) is 8.44. The van der Waals surface area contributed by atoms with Gasteiger partial charge in [-0.05, 0) is 65.8 Å². The van der Waals surface area contributed by atoms with Gasteiger partial charge in [0.05, 0.1) is 27.3 Å². The summed E-state index contributed by atoms with van der Waals surface area (Å²) in [5, 5.41) is 21.8. The van der Waals surface area contributed by atoms with Gasteiger partial charge >= 0.3 is 0 Å². The van der Waals surface area contributed by atoms with Crippen molar-refractivity contribution in [1.29, 1.82) is 0 Å². The van der Waals surface area contributed by atoms with Gasteiger partial charge in [-0.3, -0.25) is 14.8 Å². The first-order chi connectivity index (χ1) is 13.3. The van der Waals surface area contributed by atoms with Crippen LogP contribution in [0.15, 0.2) is 53.0 Å². The van der Waals surface area contributed by atoms with E-state index in [2.05, 4.69) is 31.7 Å². The van der Waals surface area contributed by atoms with Crippen molar-refractivity contribution in [3.63, 3.8) is 0 Å². The molecule has 0 spiro atoms. The van der Waals surface area contributed by atoms with Gasteiger partial charge in [0, 0.05) is 23.5 Å². The van der Waals surface area contributed by atoms with Gasteiger partial charge in [0.25, 0.3) is 5.69 Å². The van der Waals surface area contributed by atoms with E-state index in [1.807, 2.05) is 42.8 Å². The van der Waals surface area contributed by atoms with E-state index < -0.39 is 4.92 Å². The third-order valence-corrected chi connectivity index (χ3v) is 5.48. The molecular weight excluding hydrogens is 442 g/mol. The van der Waals surface area contributed by atoms with Gasteiger partial charge in [-0.25, -0.2) is 0 Å². The number of anilines is 2. The number of non-ortho nitro benzene ring substituents is 1. The van der Waals surface area contributed by atoms with Crippen LogP contribution in [-0.4, -0.2) is 19.8 Å². The molecule has 1 aromatic heterocycles. The number of nitro groups is 1. The third kappa shape index (κ3) is 4.73. The molecule has 1 heterocycles. The zero-order valence-corrected chi connectivity index (χ0v) is 17.7. The monoisotopic (exact) mass is 459 g/mol. The van der Waals surface area contributed by atoms with Gasteiger partial charge in [-0.1, -0.05) is 18.2 Å². The van der Waals surface area contributed by atoms with Crippen molar-refractivity contribution in [2.45, 2.75) is 20.4 Å². The number of nitrogens with one attached hydrogen (secondary N) is 2. The fourth-order valence-electron chi connectivity index (χ4n) is 2.74. The van der Waals surface area contributed by atoms with Crippen LogP contribution in [0.1, 0.15) is 17.0 Å². The van der Waals surface area contributed by atoms with Crippen LogP contribution in [-0.2, 0) is 6.54 Å². The van der Waals surface area contributed by atoms with Crippen molar-refractivity contribution in [2.24, 2.45) is 0 Å². The minimum Gasteiger partial charge on any atom is -0.332 e. The lowest BCUT2D eigenvalue weighted by Gasteiger charge is -2.12. The lowest BCUT2D eigenvalue weighted by Crippen LogP contribution is -2.19. The Morgan fingerprint density at radius 1 is 1.18 bits per heavy atom. The van der Waals surface area contributed by atoms with Crippen molar-refractivity contribution < 1.29 is 4.92 Å². The van der Waals surface area contributed by atoms with Crippen LogP contribution in [0.3, 0.4) is 0 Å². The van der Waals surface area contributed by atoms with Crippen molar-refractivity contribution in [2.75, 3.05) is 10.6 Å². The normalized spacial score (nSPS) is 10.5. The van der Waals surface area contributed by atoms with Gasteiger partial charge in [0.15, 0.2) is 5.11 Å². The Morgan fingerprint density at radius 3 is 2.43 bits per heavy atom. The first kappa shape index (κ1) is 20.0. The summed E-state index contributed by atoms with van der Waals surface area (Å²) in [4.78, 5) is 10.4. The van der Waals surface area contributed by atoms with Crippen LogP contribution in [0.5, 0.6) is 0 Å². The number of hydrogen-bond donors (Lipinski definition) is 2. The highest BCUT2D eigenvalue weighted by atomic mass is 79.9. The molecule has 3 rings (SSSR count). The van der Waals surface area contributed by atoms with E-state index in [0.29, 0.717) is 17.3 Å². The summed E-state index contributed by atoms with van der Waals surface area (Å²) >= 11 is 8.87. The first-order valence-corrected chi connectivity index (χ1v) is 9.64. The minimum atomic E-state index is -0.442. The molecule has 0 aliphatic heterocycles. The van der Waals surface area contributed by atoms with Crippen LogP contribution in [0.25, 0.3) is 0 Å². The highest BCUT2D eigenvalue weighted by Gasteiger charge is 2.10. The molecule has 0 saturated heterocycles. The number of rotatable bonds is 5. The molecule has 0 fully saturated rings. The van der Waals surface area contributed by atoms with Gasteiger partial charge < -0.3 is 10.6 Å². The molecule has 2 aromatic carbocycles. The Labute approximate surface area is 176 Å². The zero-order valence-electron chi connectivity index (χ0n) is 15.3. The van der Waals surface area contributed by atoms with E-state index >= 15 is 0 Å². The molecule has 28 heavy (non-hydrogen) atoms. The third-order valence-electron chi connectivity index (χ3n) is 4.13. The Hall–Kier alpha value is -2.78. The summed E-state index contributed by atoms with van der Waals surface area (Å²) in [5.74, 6) is 0. The maximum absolute atomic E-state index is 10.9. The van der Waals surface area contributed by atoms with Crippen LogP contribution < -0.4 is 10.6 Å². The zero-order chi connectivity index (χ0) is 20.3. The van der Waals surface area contributed by atoms with Crippen molar-refractivity contribution in [3.8, 4) is 0 Å². The summed E-state index contributed by atoms with van der Waals surface area (Å²) in [5.41, 5.74) is 4.47. The fourth-order valence-corrected chi connectivity index (χ4v) is 3.26. The standard InChI is InChI=1S/C19H18BrN5O2S/c1-12-18(20)13(2)24(23-12)11-14-5-3-6-15(9-14)21-19(28)22-16-7-4-8-17(10-16)25(26)27/h3-10H,11H2,1-2H3,(H2,21,22,28). The molecule has 2 N–H and O–H groups in total. The van der Waals surface area contributed by atoms with Crippen LogP contribution in [0, 0.1) is 24.0 Å². The number of aromatic nitrogens is 2. The van der Waals surface area contributed by atoms with Crippen molar-refractivity contribution in [3.05, 3.63) is 80.1 Å². The summed E-state index contributed by atoms with van der Waals surface area (Å²) in [7, 11) is 0. The van der Waals surface area contributed by atoms with Gasteiger partial charge in [0.1, 0.15) is 0 Å². The largest absolute Gasteiger partial charge is 0.332 e. The summed E-state index contributed by atoms with van der Waals surface area (Å²) < 4.78 is 2.96. The number of nitro benzene ring substituents is 1. The molecular formula is C19H18BrN5O2S. The SMILES string of the molecule is Cc1nn(Cc2cccc(NC(=S)Nc3cccc([N+](=O)[O-])c3)c2)c(C)c1Br. The second-order valence-electron chi connectivity index (χ2n) is 6.23. The van der Waals surface area contributed by atoms with E-state index in [-0.39, 0.29) is 5.69 Å². The van der Waals surface area contributed by atoms with Gasteiger partial charge in [0.2, 0.25) is 0 Å². The van der Waals surface area contributed by atoms with E-state index in [0.717, 1.165) is 27.1 Å². The van der Waals surface area contributed by atoms with Gasteiger partial charge in [-0.2, -0.15) is 5.10 Å². The highest BCUT2D eigenvalue weighted by Crippen LogP contribution is 2.22. The Bertz CT molecular complexity index is 1050. The summed E-state index contributed by atoms with van der Waals surface area (Å²) in [6, 6.07) is 14.1. The van der Waals surface area contributed by atoms with E-state index in [1.165, 1.54) is 12.1 Å². The Kier molecular flexibility index (Phi) is 6.05. The second-order valence-corrected chi connectivity index (χ2v) is 7.43. The maximum atomic E-state index is 10.9. The smallest absolute Gasteiger partial charge is 0.271 e. The molecule has 7 nitrogen and oxygen atoms in total.